The van der Waals surface area contributed by atoms with E-state index < -0.39 is 0 Å². The van der Waals surface area contributed by atoms with Crippen molar-refractivity contribution in [2.24, 2.45) is 5.41 Å². The van der Waals surface area contributed by atoms with Gasteiger partial charge >= 0.3 is 0 Å². The van der Waals surface area contributed by atoms with Gasteiger partial charge in [0.05, 0.1) is 5.69 Å². The van der Waals surface area contributed by atoms with E-state index in [4.69, 9.17) is 4.74 Å². The standard InChI is InChI=1S/C16H26N4O2S/c1-13-14(23-19-18-13)15(21)17-11-16(5-9-22-10-6-16)12-20-7-3-2-4-8-20/h2-12H2,1H3,(H,17,21). The molecule has 0 spiro atoms. The zero-order chi connectivity index (χ0) is 16.1. The first kappa shape index (κ1) is 16.8. The first-order valence-corrected chi connectivity index (χ1v) is 9.33. The highest BCUT2D eigenvalue weighted by Gasteiger charge is 2.35. The molecule has 0 atom stereocenters. The van der Waals surface area contributed by atoms with Crippen molar-refractivity contribution in [3.05, 3.63) is 10.6 Å². The number of aryl methyl sites for hydroxylation is 1. The average Bonchev–Trinajstić information content (AvgIpc) is 3.01. The number of ether oxygens (including phenoxy) is 1. The summed E-state index contributed by atoms with van der Waals surface area (Å²) in [5.41, 5.74) is 0.849. The van der Waals surface area contributed by atoms with E-state index in [1.807, 2.05) is 6.92 Å². The summed E-state index contributed by atoms with van der Waals surface area (Å²) in [6.45, 7) is 7.58. The molecule has 2 aliphatic heterocycles. The largest absolute Gasteiger partial charge is 0.381 e. The molecule has 2 fully saturated rings. The second-order valence-corrected chi connectivity index (χ2v) is 7.57. The second kappa shape index (κ2) is 7.68. The molecule has 2 aliphatic rings. The number of carbonyl (C=O) groups is 1. The van der Waals surface area contributed by atoms with E-state index >= 15 is 0 Å². The third-order valence-corrected chi connectivity index (χ3v) is 5.87. The minimum Gasteiger partial charge on any atom is -0.381 e. The normalized spacial score (nSPS) is 22.0. The van der Waals surface area contributed by atoms with Crippen LogP contribution < -0.4 is 5.32 Å². The molecule has 0 unspecified atom stereocenters. The van der Waals surface area contributed by atoms with Crippen LogP contribution in [-0.2, 0) is 4.74 Å². The molecule has 6 nitrogen and oxygen atoms in total. The van der Waals surface area contributed by atoms with Gasteiger partial charge in [0, 0.05) is 31.7 Å². The lowest BCUT2D eigenvalue weighted by molar-refractivity contribution is -0.00670. The van der Waals surface area contributed by atoms with E-state index in [1.165, 1.54) is 43.9 Å². The van der Waals surface area contributed by atoms with Gasteiger partial charge in [-0.25, -0.2) is 0 Å². The first-order chi connectivity index (χ1) is 11.2. The molecule has 1 aromatic heterocycles. The van der Waals surface area contributed by atoms with Gasteiger partial charge in [0.1, 0.15) is 4.88 Å². The fourth-order valence-corrected chi connectivity index (χ4v) is 4.15. The summed E-state index contributed by atoms with van der Waals surface area (Å²) >= 11 is 1.17. The van der Waals surface area contributed by atoms with Crippen LogP contribution in [0.3, 0.4) is 0 Å². The lowest BCUT2D eigenvalue weighted by Gasteiger charge is -2.42. The lowest BCUT2D eigenvalue weighted by atomic mass is 9.79. The molecule has 1 amide bonds. The molecule has 0 saturated carbocycles. The summed E-state index contributed by atoms with van der Waals surface area (Å²) in [5.74, 6) is -0.0398. The van der Waals surface area contributed by atoms with Crippen LogP contribution in [0.4, 0.5) is 0 Å². The van der Waals surface area contributed by atoms with Gasteiger partial charge < -0.3 is 15.0 Å². The SMILES string of the molecule is Cc1nnsc1C(=O)NCC1(CN2CCCCC2)CCOCC1. The third kappa shape index (κ3) is 4.28. The van der Waals surface area contributed by atoms with E-state index in [0.717, 1.165) is 32.6 Å². The molecule has 0 bridgehead atoms. The van der Waals surface area contributed by atoms with Gasteiger partial charge in [-0.1, -0.05) is 10.9 Å². The molecule has 0 aromatic carbocycles. The van der Waals surface area contributed by atoms with Crippen molar-refractivity contribution < 1.29 is 9.53 Å². The summed E-state index contributed by atoms with van der Waals surface area (Å²) in [4.78, 5) is 15.6. The quantitative estimate of drug-likeness (QED) is 0.887. The summed E-state index contributed by atoms with van der Waals surface area (Å²) in [6.07, 6.45) is 5.98. The van der Waals surface area contributed by atoms with Crippen molar-refractivity contribution in [1.29, 1.82) is 0 Å². The Labute approximate surface area is 141 Å². The fraction of sp³-hybridized carbons (Fsp3) is 0.812. The maximum Gasteiger partial charge on any atom is 0.264 e. The maximum atomic E-state index is 12.4. The molecule has 3 rings (SSSR count). The number of aromatic nitrogens is 2. The number of rotatable bonds is 5. The molecule has 3 heterocycles. The van der Waals surface area contributed by atoms with Crippen LogP contribution in [0, 0.1) is 12.3 Å². The summed E-state index contributed by atoms with van der Waals surface area (Å²) < 4.78 is 9.41. The highest BCUT2D eigenvalue weighted by atomic mass is 32.1. The molecule has 1 N–H and O–H groups in total. The zero-order valence-electron chi connectivity index (χ0n) is 13.8. The maximum absolute atomic E-state index is 12.4. The van der Waals surface area contributed by atoms with Crippen LogP contribution in [-0.4, -0.2) is 59.8 Å². The number of piperidine rings is 1. The Bertz CT molecular complexity index is 522. The van der Waals surface area contributed by atoms with E-state index in [1.54, 1.807) is 0 Å². The highest BCUT2D eigenvalue weighted by molar-refractivity contribution is 7.07. The van der Waals surface area contributed by atoms with Crippen LogP contribution in [0.1, 0.15) is 47.5 Å². The number of hydrogen-bond donors (Lipinski definition) is 1. The average molecular weight is 338 g/mol. The number of nitrogens with one attached hydrogen (secondary N) is 1. The lowest BCUT2D eigenvalue weighted by Crippen LogP contribution is -2.49. The van der Waals surface area contributed by atoms with Gasteiger partial charge in [0.2, 0.25) is 0 Å². The molecule has 2 saturated heterocycles. The fourth-order valence-electron chi connectivity index (χ4n) is 3.57. The molecule has 128 valence electrons. The molecular weight excluding hydrogens is 312 g/mol. The van der Waals surface area contributed by atoms with Gasteiger partial charge in [-0.05, 0) is 57.2 Å². The summed E-state index contributed by atoms with van der Waals surface area (Å²) in [7, 11) is 0. The van der Waals surface area contributed by atoms with Crippen LogP contribution in [0.15, 0.2) is 0 Å². The van der Waals surface area contributed by atoms with Crippen LogP contribution in [0.5, 0.6) is 0 Å². The molecule has 23 heavy (non-hydrogen) atoms. The van der Waals surface area contributed by atoms with Crippen molar-refractivity contribution >= 4 is 17.4 Å². The van der Waals surface area contributed by atoms with Crippen LogP contribution in [0.25, 0.3) is 0 Å². The van der Waals surface area contributed by atoms with Crippen LogP contribution >= 0.6 is 11.5 Å². The Morgan fingerprint density at radius 1 is 1.30 bits per heavy atom. The molecule has 7 heteroatoms. The molecule has 0 aliphatic carbocycles. The monoisotopic (exact) mass is 338 g/mol. The third-order valence-electron chi connectivity index (χ3n) is 5.04. The van der Waals surface area contributed by atoms with Gasteiger partial charge in [0.25, 0.3) is 5.91 Å². The highest BCUT2D eigenvalue weighted by Crippen LogP contribution is 2.32. The molecule has 1 aromatic rings. The summed E-state index contributed by atoms with van der Waals surface area (Å²) in [5, 5.41) is 7.06. The van der Waals surface area contributed by atoms with Gasteiger partial charge in [-0.3, -0.25) is 4.79 Å². The Hall–Kier alpha value is -1.05. The number of nitrogens with zero attached hydrogens (tertiary/aromatic N) is 3. The Morgan fingerprint density at radius 2 is 2.04 bits per heavy atom. The number of likely N-dealkylation sites (tertiary alicyclic amines) is 1. The van der Waals surface area contributed by atoms with Crippen molar-refractivity contribution in [2.75, 3.05) is 39.4 Å². The van der Waals surface area contributed by atoms with Crippen molar-refractivity contribution in [2.45, 2.75) is 39.0 Å². The van der Waals surface area contributed by atoms with Crippen molar-refractivity contribution in [3.63, 3.8) is 0 Å². The minimum absolute atomic E-state index is 0.0398. The minimum atomic E-state index is -0.0398. The number of hydrogen-bond acceptors (Lipinski definition) is 6. The topological polar surface area (TPSA) is 67.4 Å². The van der Waals surface area contributed by atoms with Gasteiger partial charge in [-0.15, -0.1) is 5.10 Å². The predicted molar refractivity (Wildman–Crippen MR) is 89.8 cm³/mol. The predicted octanol–water partition coefficient (Wildman–Crippen LogP) is 1.86. The molecular formula is C16H26N4O2S. The van der Waals surface area contributed by atoms with E-state index in [0.29, 0.717) is 17.1 Å². The first-order valence-electron chi connectivity index (χ1n) is 8.56. The number of amides is 1. The van der Waals surface area contributed by atoms with Gasteiger partial charge in [0.15, 0.2) is 0 Å². The zero-order valence-corrected chi connectivity index (χ0v) is 14.7. The van der Waals surface area contributed by atoms with Crippen molar-refractivity contribution in [3.8, 4) is 0 Å². The Balaban J connectivity index is 1.61. The van der Waals surface area contributed by atoms with Gasteiger partial charge in [-0.2, -0.15) is 0 Å². The van der Waals surface area contributed by atoms with E-state index in [-0.39, 0.29) is 11.3 Å². The van der Waals surface area contributed by atoms with E-state index in [9.17, 15) is 4.79 Å². The number of carbonyl (C=O) groups excluding carboxylic acids is 1. The van der Waals surface area contributed by atoms with E-state index in [2.05, 4.69) is 19.8 Å². The second-order valence-electron chi connectivity index (χ2n) is 6.82. The Kier molecular flexibility index (Phi) is 5.61. The summed E-state index contributed by atoms with van der Waals surface area (Å²) in [6, 6.07) is 0. The smallest absolute Gasteiger partial charge is 0.264 e. The molecule has 0 radical (unpaired) electrons. The van der Waals surface area contributed by atoms with Crippen molar-refractivity contribution in [1.82, 2.24) is 19.8 Å². The van der Waals surface area contributed by atoms with Crippen LogP contribution in [0.2, 0.25) is 0 Å². The Morgan fingerprint density at radius 3 is 2.70 bits per heavy atom.